The molecule has 0 aromatic heterocycles. The predicted molar refractivity (Wildman–Crippen MR) is 72.8 cm³/mol. The van der Waals surface area contributed by atoms with Gasteiger partial charge in [0, 0.05) is 0 Å². The highest BCUT2D eigenvalue weighted by Crippen LogP contribution is 2.25. The molecule has 0 bridgehead atoms. The van der Waals surface area contributed by atoms with Gasteiger partial charge in [0.05, 0.1) is 11.4 Å². The number of carbonyl (C=O) groups is 3. The highest BCUT2D eigenvalue weighted by molar-refractivity contribution is 6.01. The molecule has 7 nitrogen and oxygen atoms in total. The predicted octanol–water partition coefficient (Wildman–Crippen LogP) is 0.787. The van der Waals surface area contributed by atoms with Gasteiger partial charge >= 0.3 is 11.9 Å². The maximum absolute atomic E-state index is 11.3. The summed E-state index contributed by atoms with van der Waals surface area (Å²) in [6.07, 6.45) is 1.06. The number of rotatable bonds is 7. The fraction of sp³-hybridized carbons (Fsp3) is 0.154. The highest BCUT2D eigenvalue weighted by atomic mass is 16.4. The third-order valence-electron chi connectivity index (χ3n) is 2.34. The van der Waals surface area contributed by atoms with Gasteiger partial charge in [-0.15, -0.1) is 0 Å². The molecule has 0 aliphatic heterocycles. The summed E-state index contributed by atoms with van der Waals surface area (Å²) in [7, 11) is 0. The Morgan fingerprint density at radius 1 is 1.15 bits per heavy atom. The summed E-state index contributed by atoms with van der Waals surface area (Å²) >= 11 is 0. The third-order valence-corrected chi connectivity index (χ3v) is 2.34. The van der Waals surface area contributed by atoms with Crippen molar-refractivity contribution < 1.29 is 24.6 Å². The Hall–Kier alpha value is -2.83. The molecule has 0 unspecified atom stereocenters. The van der Waals surface area contributed by atoms with Gasteiger partial charge in [-0.2, -0.15) is 0 Å². The van der Waals surface area contributed by atoms with Gasteiger partial charge in [0.15, 0.2) is 0 Å². The fourth-order valence-corrected chi connectivity index (χ4v) is 1.59. The quantitative estimate of drug-likeness (QED) is 0.636. The number of amides is 1. The van der Waals surface area contributed by atoms with Gasteiger partial charge in [-0.25, -0.2) is 0 Å². The van der Waals surface area contributed by atoms with Crippen molar-refractivity contribution in [1.82, 2.24) is 0 Å². The minimum atomic E-state index is -1.17. The van der Waals surface area contributed by atoms with Crippen molar-refractivity contribution in [2.75, 3.05) is 23.3 Å². The molecule has 1 aromatic carbocycles. The van der Waals surface area contributed by atoms with Crippen molar-refractivity contribution >= 4 is 29.2 Å². The van der Waals surface area contributed by atoms with Crippen LogP contribution in [-0.2, 0) is 14.4 Å². The van der Waals surface area contributed by atoms with Crippen LogP contribution in [0.2, 0.25) is 0 Å². The molecule has 1 amide bonds. The van der Waals surface area contributed by atoms with Crippen LogP contribution in [0.1, 0.15) is 0 Å². The lowest BCUT2D eigenvalue weighted by Crippen LogP contribution is -2.35. The number of nitrogens with zero attached hydrogens (tertiary/aromatic N) is 1. The monoisotopic (exact) mass is 278 g/mol. The number of aliphatic carboxylic acids is 2. The van der Waals surface area contributed by atoms with E-state index in [4.69, 9.17) is 10.2 Å². The van der Waals surface area contributed by atoms with Gasteiger partial charge in [0.25, 0.3) is 0 Å². The minimum absolute atomic E-state index is 0.313. The molecule has 0 atom stereocenters. The summed E-state index contributed by atoms with van der Waals surface area (Å²) < 4.78 is 0. The van der Waals surface area contributed by atoms with E-state index in [0.717, 1.165) is 11.0 Å². The average molecular weight is 278 g/mol. The number of carbonyl (C=O) groups excluding carboxylic acids is 1. The second-order valence-electron chi connectivity index (χ2n) is 3.85. The summed E-state index contributed by atoms with van der Waals surface area (Å²) in [4.78, 5) is 34.1. The van der Waals surface area contributed by atoms with Gasteiger partial charge in [-0.1, -0.05) is 18.7 Å². The zero-order chi connectivity index (χ0) is 15.1. The van der Waals surface area contributed by atoms with Crippen molar-refractivity contribution in [3.05, 3.63) is 36.9 Å². The van der Waals surface area contributed by atoms with E-state index in [1.807, 2.05) is 0 Å². The zero-order valence-electron chi connectivity index (χ0n) is 10.6. The van der Waals surface area contributed by atoms with Crippen molar-refractivity contribution in [3.8, 4) is 0 Å². The lowest BCUT2D eigenvalue weighted by atomic mass is 10.2. The van der Waals surface area contributed by atoms with E-state index in [1.165, 1.54) is 6.07 Å². The molecule has 0 heterocycles. The maximum atomic E-state index is 11.3. The standard InChI is InChI=1S/C13H14N2O5/c1-2-11(16)14-9-5-3-4-6-10(9)15(7-12(17)18)8-13(19)20/h2-6H,1,7-8H2,(H,14,16)(H,17,18)(H,19,20). The summed E-state index contributed by atoms with van der Waals surface area (Å²) in [5.74, 6) is -2.81. The number of benzene rings is 1. The van der Waals surface area contributed by atoms with Gasteiger partial charge in [-0.05, 0) is 18.2 Å². The van der Waals surface area contributed by atoms with E-state index < -0.39 is 30.9 Å². The van der Waals surface area contributed by atoms with Gasteiger partial charge in [0.1, 0.15) is 13.1 Å². The highest BCUT2D eigenvalue weighted by Gasteiger charge is 2.17. The van der Waals surface area contributed by atoms with Crippen molar-refractivity contribution in [3.63, 3.8) is 0 Å². The van der Waals surface area contributed by atoms with Gasteiger partial charge < -0.3 is 20.4 Å². The third kappa shape index (κ3) is 4.45. The van der Waals surface area contributed by atoms with Crippen LogP contribution in [0.3, 0.4) is 0 Å². The number of nitrogens with one attached hydrogen (secondary N) is 1. The van der Waals surface area contributed by atoms with Crippen LogP contribution in [0.4, 0.5) is 11.4 Å². The topological polar surface area (TPSA) is 107 Å². The van der Waals surface area contributed by atoms with E-state index in [0.29, 0.717) is 11.4 Å². The molecule has 106 valence electrons. The Balaban J connectivity index is 3.10. The number of carboxylic acids is 2. The van der Waals surface area contributed by atoms with Crippen LogP contribution in [0.5, 0.6) is 0 Å². The van der Waals surface area contributed by atoms with E-state index >= 15 is 0 Å². The van der Waals surface area contributed by atoms with Crippen LogP contribution in [-0.4, -0.2) is 41.1 Å². The second-order valence-corrected chi connectivity index (χ2v) is 3.85. The van der Waals surface area contributed by atoms with Gasteiger partial charge in [-0.3, -0.25) is 14.4 Å². The minimum Gasteiger partial charge on any atom is -0.480 e. The fourth-order valence-electron chi connectivity index (χ4n) is 1.59. The molecular formula is C13H14N2O5. The van der Waals surface area contributed by atoms with Crippen LogP contribution < -0.4 is 10.2 Å². The molecule has 1 rings (SSSR count). The number of para-hydroxylation sites is 2. The number of hydrogen-bond acceptors (Lipinski definition) is 4. The Kier molecular flexibility index (Phi) is 5.28. The van der Waals surface area contributed by atoms with Crippen LogP contribution in [0, 0.1) is 0 Å². The summed E-state index contributed by atoms with van der Waals surface area (Å²) in [5.41, 5.74) is 0.632. The summed E-state index contributed by atoms with van der Waals surface area (Å²) in [5, 5.41) is 20.2. The molecule has 3 N–H and O–H groups in total. The molecule has 7 heteroatoms. The van der Waals surface area contributed by atoms with E-state index in [-0.39, 0.29) is 0 Å². The van der Waals surface area contributed by atoms with Crippen molar-refractivity contribution in [2.45, 2.75) is 0 Å². The van der Waals surface area contributed by atoms with E-state index in [2.05, 4.69) is 11.9 Å². The Morgan fingerprint density at radius 2 is 1.70 bits per heavy atom. The normalized spacial score (nSPS) is 9.60. The smallest absolute Gasteiger partial charge is 0.323 e. The number of anilines is 2. The lowest BCUT2D eigenvalue weighted by Gasteiger charge is -2.23. The molecule has 0 radical (unpaired) electrons. The largest absolute Gasteiger partial charge is 0.480 e. The Bertz CT molecular complexity index is 525. The molecule has 0 fully saturated rings. The average Bonchev–Trinajstić information content (AvgIpc) is 2.37. The molecule has 0 aliphatic carbocycles. The second kappa shape index (κ2) is 6.93. The Morgan fingerprint density at radius 3 is 2.20 bits per heavy atom. The molecular weight excluding hydrogens is 264 g/mol. The van der Waals surface area contributed by atoms with Crippen LogP contribution in [0.25, 0.3) is 0 Å². The summed E-state index contributed by atoms with van der Waals surface area (Å²) in [6.45, 7) is 2.33. The molecule has 1 aromatic rings. The molecule has 0 aliphatic rings. The number of carboxylic acid groups (broad SMARTS) is 2. The molecule has 0 saturated heterocycles. The van der Waals surface area contributed by atoms with Gasteiger partial charge in [0.2, 0.25) is 5.91 Å². The lowest BCUT2D eigenvalue weighted by molar-refractivity contribution is -0.136. The SMILES string of the molecule is C=CC(=O)Nc1ccccc1N(CC(=O)O)CC(=O)O. The summed E-state index contributed by atoms with van der Waals surface area (Å²) in [6, 6.07) is 6.34. The first-order valence-electron chi connectivity index (χ1n) is 5.65. The van der Waals surface area contributed by atoms with E-state index in [9.17, 15) is 14.4 Å². The van der Waals surface area contributed by atoms with Crippen LogP contribution >= 0.6 is 0 Å². The van der Waals surface area contributed by atoms with Crippen molar-refractivity contribution in [1.29, 1.82) is 0 Å². The maximum Gasteiger partial charge on any atom is 0.323 e. The molecule has 20 heavy (non-hydrogen) atoms. The zero-order valence-corrected chi connectivity index (χ0v) is 10.6. The first-order valence-corrected chi connectivity index (χ1v) is 5.65. The van der Waals surface area contributed by atoms with E-state index in [1.54, 1.807) is 18.2 Å². The first-order chi connectivity index (χ1) is 9.43. The Labute approximate surface area is 115 Å². The first kappa shape index (κ1) is 15.2. The van der Waals surface area contributed by atoms with Crippen LogP contribution in [0.15, 0.2) is 36.9 Å². The molecule has 0 spiro atoms. The van der Waals surface area contributed by atoms with Crippen molar-refractivity contribution in [2.24, 2.45) is 0 Å². The number of hydrogen-bond donors (Lipinski definition) is 3. The molecule has 0 saturated carbocycles.